The number of rotatable bonds is 3. The van der Waals surface area contributed by atoms with Crippen molar-refractivity contribution < 1.29 is 10.0 Å². The Balaban J connectivity index is 1.81. The van der Waals surface area contributed by atoms with E-state index in [1.165, 1.54) is 18.2 Å². The largest absolute Gasteiger partial charge is 0.493 e. The number of azo groups is 1. The quantitative estimate of drug-likeness (QED) is 0.275. The second-order valence-corrected chi connectivity index (χ2v) is 5.70. The number of aryl methyl sites for hydroxylation is 1. The second-order valence-electron chi connectivity index (χ2n) is 5.31. The van der Waals surface area contributed by atoms with Crippen molar-refractivity contribution in [1.29, 1.82) is 0 Å². The molecule has 0 unspecified atom stereocenters. The van der Waals surface area contributed by atoms with Crippen LogP contribution in [0.25, 0.3) is 10.9 Å². The van der Waals surface area contributed by atoms with Crippen molar-refractivity contribution in [2.75, 3.05) is 5.32 Å². The maximum absolute atomic E-state index is 10.8. The van der Waals surface area contributed by atoms with Gasteiger partial charge in [0, 0.05) is 23.2 Å². The third-order valence-electron chi connectivity index (χ3n) is 3.46. The van der Waals surface area contributed by atoms with Crippen molar-refractivity contribution in [3.63, 3.8) is 0 Å². The molecule has 1 heterocycles. The normalized spacial score (nSPS) is 11.1. The van der Waals surface area contributed by atoms with Gasteiger partial charge in [0.1, 0.15) is 0 Å². The van der Waals surface area contributed by atoms with E-state index in [0.29, 0.717) is 5.69 Å². The maximum atomic E-state index is 10.8. The van der Waals surface area contributed by atoms with E-state index in [-0.39, 0.29) is 22.4 Å². The van der Waals surface area contributed by atoms with Crippen LogP contribution in [0.3, 0.4) is 0 Å². The van der Waals surface area contributed by atoms with Gasteiger partial charge in [0.25, 0.3) is 5.69 Å². The van der Waals surface area contributed by atoms with E-state index in [9.17, 15) is 15.2 Å². The van der Waals surface area contributed by atoms with Crippen molar-refractivity contribution in [2.24, 2.45) is 10.2 Å². The molecule has 8 nitrogen and oxygen atoms in total. The first-order valence-corrected chi connectivity index (χ1v) is 7.63. The van der Waals surface area contributed by atoms with E-state index in [4.69, 9.17) is 12.2 Å². The SMILES string of the molecule is Cc1ccc2[nH]c(O)c(N=NC(=S)Nc3cccc([N+](=O)[O-])c3)c2c1. The van der Waals surface area contributed by atoms with E-state index in [1.807, 2.05) is 25.1 Å². The summed E-state index contributed by atoms with van der Waals surface area (Å²) < 4.78 is 0. The summed E-state index contributed by atoms with van der Waals surface area (Å²) >= 11 is 5.08. The van der Waals surface area contributed by atoms with Gasteiger partial charge in [-0.25, -0.2) is 0 Å². The lowest BCUT2D eigenvalue weighted by molar-refractivity contribution is -0.384. The van der Waals surface area contributed by atoms with E-state index in [1.54, 1.807) is 6.07 Å². The predicted molar refractivity (Wildman–Crippen MR) is 98.5 cm³/mol. The van der Waals surface area contributed by atoms with Crippen LogP contribution in [0.2, 0.25) is 0 Å². The highest BCUT2D eigenvalue weighted by Crippen LogP contribution is 2.35. The molecule has 0 fully saturated rings. The van der Waals surface area contributed by atoms with Gasteiger partial charge < -0.3 is 15.4 Å². The molecule has 9 heteroatoms. The Labute approximate surface area is 147 Å². The van der Waals surface area contributed by atoms with Gasteiger partial charge >= 0.3 is 0 Å². The number of aromatic hydroxyl groups is 1. The van der Waals surface area contributed by atoms with E-state index in [2.05, 4.69) is 20.5 Å². The van der Waals surface area contributed by atoms with Gasteiger partial charge in [-0.15, -0.1) is 10.2 Å². The van der Waals surface area contributed by atoms with Gasteiger partial charge in [-0.2, -0.15) is 0 Å². The molecule has 3 rings (SSSR count). The highest BCUT2D eigenvalue weighted by molar-refractivity contribution is 7.80. The predicted octanol–water partition coefficient (Wildman–Crippen LogP) is 4.57. The lowest BCUT2D eigenvalue weighted by Gasteiger charge is -2.02. The minimum absolute atomic E-state index is 0.0156. The van der Waals surface area contributed by atoms with E-state index < -0.39 is 4.92 Å². The second kappa shape index (κ2) is 6.65. The van der Waals surface area contributed by atoms with E-state index >= 15 is 0 Å². The molecule has 0 atom stereocenters. The summed E-state index contributed by atoms with van der Waals surface area (Å²) in [6.45, 7) is 1.93. The first kappa shape index (κ1) is 16.5. The maximum Gasteiger partial charge on any atom is 0.271 e. The fourth-order valence-electron chi connectivity index (χ4n) is 2.32. The first-order chi connectivity index (χ1) is 11.9. The van der Waals surface area contributed by atoms with Gasteiger partial charge in [0.15, 0.2) is 5.69 Å². The Bertz CT molecular complexity index is 1010. The number of H-pyrrole nitrogens is 1. The minimum Gasteiger partial charge on any atom is -0.493 e. The average Bonchev–Trinajstić information content (AvgIpc) is 2.88. The molecule has 126 valence electrons. The number of nitro benzene ring substituents is 1. The highest BCUT2D eigenvalue weighted by Gasteiger charge is 2.11. The molecule has 0 aliphatic carbocycles. The monoisotopic (exact) mass is 355 g/mol. The van der Waals surface area contributed by atoms with Crippen molar-refractivity contribution in [1.82, 2.24) is 4.98 Å². The number of hydrogen-bond donors (Lipinski definition) is 3. The number of nitrogens with zero attached hydrogens (tertiary/aromatic N) is 3. The molecule has 0 bridgehead atoms. The number of non-ortho nitro benzene ring substituents is 1. The minimum atomic E-state index is -0.498. The summed E-state index contributed by atoms with van der Waals surface area (Å²) in [7, 11) is 0. The molecule has 25 heavy (non-hydrogen) atoms. The van der Waals surface area contributed by atoms with Gasteiger partial charge in [-0.05, 0) is 37.3 Å². The van der Waals surface area contributed by atoms with Crippen molar-refractivity contribution in [2.45, 2.75) is 6.92 Å². The molecule has 0 amide bonds. The summed E-state index contributed by atoms with van der Waals surface area (Å²) in [5.41, 5.74) is 2.39. The molecule has 0 saturated heterocycles. The number of nitro groups is 1. The third-order valence-corrected chi connectivity index (χ3v) is 3.64. The topological polar surface area (TPSA) is 116 Å². The molecule has 1 aromatic heterocycles. The Morgan fingerprint density at radius 2 is 2.12 bits per heavy atom. The van der Waals surface area contributed by atoms with Crippen LogP contribution in [0.4, 0.5) is 17.1 Å². The van der Waals surface area contributed by atoms with Gasteiger partial charge in [-0.1, -0.05) is 17.7 Å². The van der Waals surface area contributed by atoms with Crippen LogP contribution in [0.5, 0.6) is 5.88 Å². The van der Waals surface area contributed by atoms with Crippen molar-refractivity contribution >= 4 is 45.3 Å². The number of hydrogen-bond acceptors (Lipinski definition) is 5. The molecule has 3 aromatic rings. The van der Waals surface area contributed by atoms with Gasteiger partial charge in [-0.3, -0.25) is 10.1 Å². The molecule has 2 aromatic carbocycles. The number of fused-ring (bicyclic) bond motifs is 1. The number of anilines is 1. The van der Waals surface area contributed by atoms with Crippen LogP contribution in [0.1, 0.15) is 5.56 Å². The molecular formula is C16H13N5O3S. The van der Waals surface area contributed by atoms with Crippen molar-refractivity contribution in [3.8, 4) is 5.88 Å². The van der Waals surface area contributed by atoms with Crippen LogP contribution in [-0.2, 0) is 0 Å². The highest BCUT2D eigenvalue weighted by atomic mass is 32.1. The van der Waals surface area contributed by atoms with Gasteiger partial charge in [0.05, 0.1) is 10.4 Å². The van der Waals surface area contributed by atoms with Crippen LogP contribution in [-0.4, -0.2) is 20.1 Å². The van der Waals surface area contributed by atoms with Crippen LogP contribution < -0.4 is 5.32 Å². The zero-order valence-electron chi connectivity index (χ0n) is 13.1. The Morgan fingerprint density at radius 1 is 1.32 bits per heavy atom. The number of thiocarbonyl (C=S) groups is 1. The summed E-state index contributed by atoms with van der Waals surface area (Å²) in [5, 5.41) is 32.1. The fraction of sp³-hybridized carbons (Fsp3) is 0.0625. The fourth-order valence-corrected chi connectivity index (χ4v) is 2.48. The standard InChI is InChI=1S/C16H13N5O3S/c1-9-5-6-13-12(7-9)14(15(22)18-13)19-20-16(25)17-10-3-2-4-11(8-10)21(23)24/h2-8,18,22H,1H3,(H,17,25). The number of nitrogens with one attached hydrogen (secondary N) is 2. The van der Waals surface area contributed by atoms with Gasteiger partial charge in [0.2, 0.25) is 11.0 Å². The summed E-state index contributed by atoms with van der Waals surface area (Å²) in [4.78, 5) is 13.1. The number of benzene rings is 2. The molecule has 0 spiro atoms. The zero-order chi connectivity index (χ0) is 18.0. The molecule has 0 aliphatic heterocycles. The van der Waals surface area contributed by atoms with Crippen LogP contribution >= 0.6 is 12.2 Å². The molecule has 3 N–H and O–H groups in total. The lowest BCUT2D eigenvalue weighted by Crippen LogP contribution is -2.05. The summed E-state index contributed by atoms with van der Waals surface area (Å²) in [5.74, 6) is -0.109. The van der Waals surface area contributed by atoms with E-state index in [0.717, 1.165) is 16.5 Å². The van der Waals surface area contributed by atoms with Crippen LogP contribution in [0, 0.1) is 17.0 Å². The lowest BCUT2D eigenvalue weighted by atomic mass is 10.2. The zero-order valence-corrected chi connectivity index (χ0v) is 13.9. The smallest absolute Gasteiger partial charge is 0.271 e. The third kappa shape index (κ3) is 3.61. The Hall–Kier alpha value is -3.33. The molecule has 0 aliphatic rings. The Morgan fingerprint density at radius 3 is 2.88 bits per heavy atom. The molecular weight excluding hydrogens is 342 g/mol. The molecule has 0 saturated carbocycles. The van der Waals surface area contributed by atoms with Crippen LogP contribution in [0.15, 0.2) is 52.7 Å². The first-order valence-electron chi connectivity index (χ1n) is 7.22. The van der Waals surface area contributed by atoms with Crippen molar-refractivity contribution in [3.05, 3.63) is 58.1 Å². The number of aromatic amines is 1. The summed E-state index contributed by atoms with van der Waals surface area (Å²) in [6.07, 6.45) is 0. The molecule has 0 radical (unpaired) electrons. The summed E-state index contributed by atoms with van der Waals surface area (Å²) in [6, 6.07) is 11.5. The average molecular weight is 355 g/mol. The Kier molecular flexibility index (Phi) is 4.40. The number of aromatic nitrogens is 1.